The molecule has 1 saturated heterocycles. The molecule has 0 bridgehead atoms. The lowest BCUT2D eigenvalue weighted by Gasteiger charge is -2.35. The minimum atomic E-state index is -0.350. The average molecular weight is 380 g/mol. The maximum absolute atomic E-state index is 13.1. The van der Waals surface area contributed by atoms with Crippen LogP contribution in [0.1, 0.15) is 46.8 Å². The molecule has 2 aliphatic rings. The number of hydrogen-bond donors (Lipinski definition) is 0. The van der Waals surface area contributed by atoms with Crippen LogP contribution in [0.4, 0.5) is 4.39 Å². The molecular formula is C23H25FN2O2. The molecule has 28 heavy (non-hydrogen) atoms. The first-order valence-electron chi connectivity index (χ1n) is 9.94. The second kappa shape index (κ2) is 7.74. The number of amides is 2. The minimum Gasteiger partial charge on any atom is -0.339 e. The molecule has 1 fully saturated rings. The van der Waals surface area contributed by atoms with Crippen molar-refractivity contribution in [1.29, 1.82) is 0 Å². The van der Waals surface area contributed by atoms with Gasteiger partial charge in [-0.2, -0.15) is 0 Å². The fourth-order valence-corrected chi connectivity index (χ4v) is 4.48. The number of piperidine rings is 1. The molecule has 2 aromatic carbocycles. The average Bonchev–Trinajstić information content (AvgIpc) is 3.17. The topological polar surface area (TPSA) is 40.6 Å². The van der Waals surface area contributed by atoms with Gasteiger partial charge in [0.25, 0.3) is 5.91 Å². The third kappa shape index (κ3) is 3.53. The number of halogens is 1. The molecule has 1 atom stereocenters. The fraction of sp³-hybridized carbons (Fsp3) is 0.391. The van der Waals surface area contributed by atoms with E-state index in [-0.39, 0.29) is 29.6 Å². The van der Waals surface area contributed by atoms with Gasteiger partial charge >= 0.3 is 0 Å². The number of nitrogens with zero attached hydrogens (tertiary/aromatic N) is 2. The maximum Gasteiger partial charge on any atom is 0.253 e. The monoisotopic (exact) mass is 380 g/mol. The highest BCUT2D eigenvalue weighted by Crippen LogP contribution is 2.36. The molecule has 5 heteroatoms. The van der Waals surface area contributed by atoms with Gasteiger partial charge in [-0.15, -0.1) is 0 Å². The number of hydrogen-bond acceptors (Lipinski definition) is 2. The zero-order valence-electron chi connectivity index (χ0n) is 16.1. The van der Waals surface area contributed by atoms with Crippen molar-refractivity contribution < 1.29 is 14.0 Å². The Kier molecular flexibility index (Phi) is 5.16. The summed E-state index contributed by atoms with van der Waals surface area (Å²) in [5.41, 5.74) is 3.10. The van der Waals surface area contributed by atoms with Crippen molar-refractivity contribution in [2.45, 2.75) is 31.7 Å². The van der Waals surface area contributed by atoms with Crippen LogP contribution in [0.15, 0.2) is 48.5 Å². The fourth-order valence-electron chi connectivity index (χ4n) is 4.48. The van der Waals surface area contributed by atoms with Crippen LogP contribution in [0, 0.1) is 11.7 Å². The van der Waals surface area contributed by atoms with Crippen LogP contribution in [0.2, 0.25) is 0 Å². The van der Waals surface area contributed by atoms with Crippen LogP contribution in [-0.2, 0) is 11.2 Å². The molecule has 2 aromatic rings. The number of carbonyl (C=O) groups is 2. The minimum absolute atomic E-state index is 0.0463. The molecule has 0 unspecified atom stereocenters. The lowest BCUT2D eigenvalue weighted by atomic mass is 9.94. The Labute approximate surface area is 164 Å². The van der Waals surface area contributed by atoms with Crippen LogP contribution in [-0.4, -0.2) is 41.8 Å². The smallest absolute Gasteiger partial charge is 0.253 e. The Hall–Kier alpha value is -2.69. The lowest BCUT2D eigenvalue weighted by Crippen LogP contribution is -2.44. The summed E-state index contributed by atoms with van der Waals surface area (Å²) in [6.45, 7) is 1.11. The summed E-state index contributed by atoms with van der Waals surface area (Å²) in [6.07, 6.45) is 3.33. The van der Waals surface area contributed by atoms with Crippen LogP contribution < -0.4 is 0 Å². The molecule has 0 radical (unpaired) electrons. The number of aryl methyl sites for hydroxylation is 1. The van der Waals surface area contributed by atoms with E-state index >= 15 is 0 Å². The molecule has 0 N–H and O–H groups in total. The van der Waals surface area contributed by atoms with Crippen molar-refractivity contribution in [1.82, 2.24) is 9.80 Å². The van der Waals surface area contributed by atoms with E-state index in [0.717, 1.165) is 12.8 Å². The summed E-state index contributed by atoms with van der Waals surface area (Å²) >= 11 is 0. The van der Waals surface area contributed by atoms with E-state index in [1.165, 1.54) is 35.4 Å². The highest BCUT2D eigenvalue weighted by atomic mass is 19.1. The normalized spacial score (nSPS) is 19.4. The van der Waals surface area contributed by atoms with Gasteiger partial charge in [0.2, 0.25) is 5.91 Å². The second-order valence-electron chi connectivity index (χ2n) is 7.78. The number of fused-ring (bicyclic) bond motifs is 1. The SMILES string of the molecule is CN(C(=O)C1CCN(C(=O)c2ccc(F)cc2)CC1)[C@H]1CCc2ccccc21. The molecule has 0 spiro atoms. The lowest BCUT2D eigenvalue weighted by molar-refractivity contribution is -0.137. The van der Waals surface area contributed by atoms with Gasteiger partial charge in [-0.25, -0.2) is 4.39 Å². The summed E-state index contributed by atoms with van der Waals surface area (Å²) in [5.74, 6) is -0.313. The third-order valence-corrected chi connectivity index (χ3v) is 6.14. The first-order valence-corrected chi connectivity index (χ1v) is 9.94. The van der Waals surface area contributed by atoms with Crippen molar-refractivity contribution in [2.24, 2.45) is 5.92 Å². The summed E-state index contributed by atoms with van der Waals surface area (Å²) in [4.78, 5) is 29.3. The molecule has 4 rings (SSSR count). The maximum atomic E-state index is 13.1. The summed E-state index contributed by atoms with van der Waals surface area (Å²) in [5, 5.41) is 0. The van der Waals surface area contributed by atoms with Gasteiger partial charge in [0.1, 0.15) is 5.82 Å². The molecule has 146 valence electrons. The van der Waals surface area contributed by atoms with E-state index < -0.39 is 0 Å². The van der Waals surface area contributed by atoms with E-state index in [1.807, 2.05) is 18.0 Å². The Morgan fingerprint density at radius 3 is 2.39 bits per heavy atom. The van der Waals surface area contributed by atoms with Crippen molar-refractivity contribution in [3.63, 3.8) is 0 Å². The molecule has 0 saturated carbocycles. The van der Waals surface area contributed by atoms with Crippen LogP contribution >= 0.6 is 0 Å². The zero-order valence-corrected chi connectivity index (χ0v) is 16.1. The Bertz CT molecular complexity index is 872. The van der Waals surface area contributed by atoms with Crippen LogP contribution in [0.3, 0.4) is 0 Å². The number of rotatable bonds is 3. The van der Waals surface area contributed by atoms with E-state index in [2.05, 4.69) is 18.2 Å². The Morgan fingerprint density at radius 1 is 1.00 bits per heavy atom. The van der Waals surface area contributed by atoms with Gasteiger partial charge < -0.3 is 9.80 Å². The standard InChI is InChI=1S/C23H25FN2O2/c1-25(21-11-8-16-4-2-3-5-20(16)21)22(27)18-12-14-26(15-13-18)23(28)17-6-9-19(24)10-7-17/h2-7,9-10,18,21H,8,11-15H2,1H3/t21-/m0/s1. The molecule has 1 heterocycles. The molecular weight excluding hydrogens is 355 g/mol. The van der Waals surface area contributed by atoms with Gasteiger partial charge in [-0.1, -0.05) is 24.3 Å². The summed E-state index contributed by atoms with van der Waals surface area (Å²) in [7, 11) is 1.91. The van der Waals surface area contributed by atoms with Gasteiger partial charge in [-0.3, -0.25) is 9.59 Å². The third-order valence-electron chi connectivity index (χ3n) is 6.14. The molecule has 1 aliphatic heterocycles. The van der Waals surface area contributed by atoms with Crippen molar-refractivity contribution in [2.75, 3.05) is 20.1 Å². The highest BCUT2D eigenvalue weighted by molar-refractivity contribution is 5.94. The van der Waals surface area contributed by atoms with E-state index in [4.69, 9.17) is 0 Å². The van der Waals surface area contributed by atoms with E-state index in [1.54, 1.807) is 4.90 Å². The van der Waals surface area contributed by atoms with Gasteiger partial charge in [0.15, 0.2) is 0 Å². The van der Waals surface area contributed by atoms with Crippen molar-refractivity contribution >= 4 is 11.8 Å². The first-order chi connectivity index (χ1) is 13.5. The number of likely N-dealkylation sites (tertiary alicyclic amines) is 1. The van der Waals surface area contributed by atoms with Gasteiger partial charge in [0, 0.05) is 31.6 Å². The largest absolute Gasteiger partial charge is 0.339 e. The van der Waals surface area contributed by atoms with Gasteiger partial charge in [-0.05, 0) is 61.1 Å². The zero-order chi connectivity index (χ0) is 19.7. The first kappa shape index (κ1) is 18.7. The second-order valence-corrected chi connectivity index (χ2v) is 7.78. The van der Waals surface area contributed by atoms with Crippen LogP contribution in [0.25, 0.3) is 0 Å². The summed E-state index contributed by atoms with van der Waals surface area (Å²) in [6, 6.07) is 14.2. The summed E-state index contributed by atoms with van der Waals surface area (Å²) < 4.78 is 13.1. The van der Waals surface area contributed by atoms with E-state index in [9.17, 15) is 14.0 Å². The quantitative estimate of drug-likeness (QED) is 0.812. The van der Waals surface area contributed by atoms with E-state index in [0.29, 0.717) is 31.5 Å². The number of carbonyl (C=O) groups excluding carboxylic acids is 2. The molecule has 0 aromatic heterocycles. The van der Waals surface area contributed by atoms with Crippen molar-refractivity contribution in [3.05, 3.63) is 71.0 Å². The molecule has 2 amide bonds. The molecule has 1 aliphatic carbocycles. The van der Waals surface area contributed by atoms with Crippen molar-refractivity contribution in [3.8, 4) is 0 Å². The van der Waals surface area contributed by atoms with Crippen LogP contribution in [0.5, 0.6) is 0 Å². The van der Waals surface area contributed by atoms with Gasteiger partial charge in [0.05, 0.1) is 6.04 Å². The highest BCUT2D eigenvalue weighted by Gasteiger charge is 2.34. The Morgan fingerprint density at radius 2 is 1.68 bits per heavy atom. The predicted molar refractivity (Wildman–Crippen MR) is 105 cm³/mol. The Balaban J connectivity index is 1.36. The number of benzene rings is 2. The molecule has 4 nitrogen and oxygen atoms in total. The predicted octanol–water partition coefficient (Wildman–Crippen LogP) is 3.82.